The van der Waals surface area contributed by atoms with E-state index in [1.807, 2.05) is 0 Å². The van der Waals surface area contributed by atoms with E-state index in [9.17, 15) is 50.9 Å². The number of aliphatic hydroxyl groups excluding tert-OH is 8. The van der Waals surface area contributed by atoms with Crippen LogP contribution in [-0.2, 0) is 9.53 Å². The maximum Gasteiger partial charge on any atom is 0.145 e. The Labute approximate surface area is 149 Å². The Morgan fingerprint density at radius 3 is 1.65 bits per heavy atom. The van der Waals surface area contributed by atoms with E-state index < -0.39 is 67.9 Å². The molecule has 0 aromatic rings. The number of nitrogens with one attached hydrogen (secondary N) is 1. The summed E-state index contributed by atoms with van der Waals surface area (Å²) >= 11 is 0. The van der Waals surface area contributed by atoms with Gasteiger partial charge in [0.05, 0.1) is 50.2 Å². The second-order valence-corrected chi connectivity index (χ2v) is 5.75. The quantitative estimate of drug-likeness (QED) is 0.0997. The number of hydroxylamine groups is 1. The fourth-order valence-corrected chi connectivity index (χ4v) is 3.34. The third kappa shape index (κ3) is 4.05. The average molecular weight is 387 g/mol. The monoisotopic (exact) mass is 387 g/mol. The van der Waals surface area contributed by atoms with Crippen LogP contribution in [0.2, 0.25) is 0 Å². The van der Waals surface area contributed by atoms with Gasteiger partial charge in [0, 0.05) is 6.61 Å². The molecule has 0 aromatic carbocycles. The van der Waals surface area contributed by atoms with Gasteiger partial charge in [0.1, 0.15) is 24.0 Å². The molecule has 0 aliphatic heterocycles. The fourth-order valence-electron chi connectivity index (χ4n) is 3.34. The van der Waals surface area contributed by atoms with Gasteiger partial charge in [-0.2, -0.15) is 5.48 Å². The van der Waals surface area contributed by atoms with Gasteiger partial charge in [-0.1, -0.05) is 0 Å². The van der Waals surface area contributed by atoms with Crippen LogP contribution in [-0.4, -0.2) is 121 Å². The molecule has 0 bridgehead atoms. The van der Waals surface area contributed by atoms with E-state index in [1.165, 1.54) is 12.4 Å². The number of rotatable bonds is 14. The van der Waals surface area contributed by atoms with E-state index in [0.717, 1.165) is 0 Å². The number of hydrogen-bond acceptors (Lipinski definition) is 12. The molecule has 0 spiro atoms. The van der Waals surface area contributed by atoms with Crippen molar-refractivity contribution in [3.05, 3.63) is 0 Å². The van der Waals surface area contributed by atoms with Crippen molar-refractivity contribution in [3.8, 4) is 0 Å². The molecule has 26 heavy (non-hydrogen) atoms. The fraction of sp³-hybridized carbons (Fsp3) is 0.929. The summed E-state index contributed by atoms with van der Waals surface area (Å²) in [5.74, 6) is 0. The van der Waals surface area contributed by atoms with Gasteiger partial charge in [-0.15, -0.1) is 0 Å². The first-order valence-corrected chi connectivity index (χ1v) is 7.90. The van der Waals surface area contributed by atoms with E-state index in [1.54, 1.807) is 0 Å². The Kier molecular flexibility index (Phi) is 10.8. The lowest BCUT2D eigenvalue weighted by Gasteiger charge is -2.56. The van der Waals surface area contributed by atoms with E-state index in [2.05, 4.69) is 0 Å². The average Bonchev–Trinajstić information content (AvgIpc) is 2.68. The smallest absolute Gasteiger partial charge is 0.145 e. The summed E-state index contributed by atoms with van der Waals surface area (Å²) < 4.78 is 5.26. The Morgan fingerprint density at radius 1 is 0.923 bits per heavy atom. The van der Waals surface area contributed by atoms with Crippen LogP contribution >= 0.6 is 0 Å². The molecule has 0 rings (SSSR count). The normalized spacial score (nSPS) is 22.5. The highest BCUT2D eigenvalue weighted by Crippen LogP contribution is 2.45. The first-order valence-electron chi connectivity index (χ1n) is 7.90. The lowest BCUT2D eigenvalue weighted by Crippen LogP contribution is -2.79. The summed E-state index contributed by atoms with van der Waals surface area (Å²) in [6.07, 6.45) is -10.5. The summed E-state index contributed by atoms with van der Waals surface area (Å²) in [4.78, 5) is 11.9. The Balaban J connectivity index is 7.04. The van der Waals surface area contributed by atoms with Crippen LogP contribution in [0, 0.1) is 5.41 Å². The molecule has 0 amide bonds. The minimum Gasteiger partial charge on any atom is -0.394 e. The zero-order valence-electron chi connectivity index (χ0n) is 14.3. The van der Waals surface area contributed by atoms with E-state index in [4.69, 9.17) is 4.74 Å². The molecular weight excluding hydrogens is 358 g/mol. The minimum atomic E-state index is -2.83. The third-order valence-electron chi connectivity index (χ3n) is 4.59. The lowest BCUT2D eigenvalue weighted by molar-refractivity contribution is -0.264. The number of hydrogen-bond donors (Lipinski definition) is 10. The van der Waals surface area contributed by atoms with Gasteiger partial charge < -0.3 is 55.6 Å². The number of carbonyl (C=O) groups is 1. The standard InChI is InChI=1S/C14H29NO11/c1-2-26-12(8(21)3-16)14(10(23)5-18,11(24)6-19)13(7-20,15-25)9(22)4-17/h7-12,15-19,21-25H,2-6H2,1H3. The minimum absolute atomic E-state index is 0.165. The summed E-state index contributed by atoms with van der Waals surface area (Å²) in [6.45, 7) is -3.29. The molecule has 0 radical (unpaired) electrons. The molecule has 10 N–H and O–H groups in total. The van der Waals surface area contributed by atoms with Crippen LogP contribution in [0.3, 0.4) is 0 Å². The molecule has 0 saturated carbocycles. The lowest BCUT2D eigenvalue weighted by atomic mass is 9.56. The Morgan fingerprint density at radius 2 is 1.38 bits per heavy atom. The van der Waals surface area contributed by atoms with E-state index in [0.29, 0.717) is 0 Å². The number of aliphatic hydroxyl groups is 8. The molecule has 0 aliphatic carbocycles. The SMILES string of the molecule is CCOC(C(O)CO)C(C(O)CO)(C(O)CO)C(C=O)(NO)C(O)CO. The van der Waals surface area contributed by atoms with Gasteiger partial charge >= 0.3 is 0 Å². The van der Waals surface area contributed by atoms with Crippen molar-refractivity contribution in [2.75, 3.05) is 33.0 Å². The van der Waals surface area contributed by atoms with E-state index in [-0.39, 0.29) is 12.9 Å². The molecular formula is C14H29NO11. The second-order valence-electron chi connectivity index (χ2n) is 5.75. The molecule has 0 aromatic heterocycles. The van der Waals surface area contributed by atoms with Crippen LogP contribution < -0.4 is 5.48 Å². The Bertz CT molecular complexity index is 402. The van der Waals surface area contributed by atoms with Gasteiger partial charge in [-0.25, -0.2) is 0 Å². The molecule has 0 heterocycles. The molecule has 0 fully saturated rings. The van der Waals surface area contributed by atoms with Gasteiger partial charge in [0.2, 0.25) is 0 Å². The number of carbonyl (C=O) groups excluding carboxylic acids is 1. The van der Waals surface area contributed by atoms with Gasteiger partial charge in [0.15, 0.2) is 0 Å². The van der Waals surface area contributed by atoms with Gasteiger partial charge in [-0.3, -0.25) is 0 Å². The largest absolute Gasteiger partial charge is 0.394 e. The van der Waals surface area contributed by atoms with Crippen molar-refractivity contribution >= 4 is 6.29 Å². The predicted molar refractivity (Wildman–Crippen MR) is 83.9 cm³/mol. The third-order valence-corrected chi connectivity index (χ3v) is 4.59. The van der Waals surface area contributed by atoms with Crippen molar-refractivity contribution in [1.29, 1.82) is 0 Å². The highest BCUT2D eigenvalue weighted by molar-refractivity contribution is 5.68. The predicted octanol–water partition coefficient (Wildman–Crippen LogP) is -5.29. The highest BCUT2D eigenvalue weighted by Gasteiger charge is 2.68. The van der Waals surface area contributed by atoms with Crippen LogP contribution in [0.1, 0.15) is 6.92 Å². The molecule has 12 heteroatoms. The molecule has 156 valence electrons. The summed E-state index contributed by atoms with van der Waals surface area (Å²) in [5.41, 5.74) is -4.13. The zero-order chi connectivity index (χ0) is 20.5. The molecule has 0 aliphatic rings. The molecule has 0 saturated heterocycles. The first-order chi connectivity index (χ1) is 12.2. The van der Waals surface area contributed by atoms with Crippen LogP contribution in [0.25, 0.3) is 0 Å². The zero-order valence-corrected chi connectivity index (χ0v) is 14.3. The van der Waals surface area contributed by atoms with Gasteiger partial charge in [-0.05, 0) is 6.92 Å². The number of ether oxygens (including phenoxy) is 1. The molecule has 12 nitrogen and oxygen atoms in total. The van der Waals surface area contributed by atoms with Crippen molar-refractivity contribution in [2.24, 2.45) is 5.41 Å². The summed E-state index contributed by atoms with van der Waals surface area (Å²) in [7, 11) is 0. The van der Waals surface area contributed by atoms with Crippen molar-refractivity contribution in [1.82, 2.24) is 5.48 Å². The first kappa shape index (κ1) is 25.2. The summed E-state index contributed by atoms with van der Waals surface area (Å²) in [5, 5.41) is 88.5. The van der Waals surface area contributed by atoms with Crippen LogP contribution in [0.5, 0.6) is 0 Å². The summed E-state index contributed by atoms with van der Waals surface area (Å²) in [6, 6.07) is 0. The Hall–Kier alpha value is -0.770. The van der Waals surface area contributed by atoms with Crippen LogP contribution in [0.4, 0.5) is 0 Å². The number of aldehydes is 1. The van der Waals surface area contributed by atoms with Crippen molar-refractivity contribution in [3.63, 3.8) is 0 Å². The second kappa shape index (κ2) is 11.2. The maximum absolute atomic E-state index is 11.9. The highest BCUT2D eigenvalue weighted by atomic mass is 16.5. The van der Waals surface area contributed by atoms with Crippen molar-refractivity contribution in [2.45, 2.75) is 43.0 Å². The topological polar surface area (TPSA) is 220 Å². The maximum atomic E-state index is 11.9. The van der Waals surface area contributed by atoms with Crippen molar-refractivity contribution < 1.29 is 55.6 Å². The van der Waals surface area contributed by atoms with Gasteiger partial charge in [0.25, 0.3) is 0 Å². The van der Waals surface area contributed by atoms with E-state index >= 15 is 0 Å². The molecule has 6 atom stereocenters. The molecule has 6 unspecified atom stereocenters. The van der Waals surface area contributed by atoms with Crippen LogP contribution in [0.15, 0.2) is 0 Å².